The van der Waals surface area contributed by atoms with Crippen LogP contribution >= 0.6 is 0 Å². The van der Waals surface area contributed by atoms with Gasteiger partial charge in [-0.2, -0.15) is 4.98 Å². The number of nitrogens with zero attached hydrogens (tertiary/aromatic N) is 4. The number of hydrogen-bond donors (Lipinski definition) is 2. The highest BCUT2D eigenvalue weighted by molar-refractivity contribution is 5.41. The Morgan fingerprint density at radius 3 is 3.11 bits per heavy atom. The van der Waals surface area contributed by atoms with Gasteiger partial charge in [0.25, 0.3) is 0 Å². The average Bonchev–Trinajstić information content (AvgIpc) is 2.39. The lowest BCUT2D eigenvalue weighted by molar-refractivity contribution is 0.153. The number of rotatable bonds is 5. The smallest absolute Gasteiger partial charge is 0.227 e. The minimum absolute atomic E-state index is 0.261. The van der Waals surface area contributed by atoms with Crippen LogP contribution in [0.25, 0.3) is 0 Å². The van der Waals surface area contributed by atoms with Crippen molar-refractivity contribution in [3.63, 3.8) is 0 Å². The number of nitrogens with one attached hydrogen (secondary N) is 1. The van der Waals surface area contributed by atoms with Gasteiger partial charge >= 0.3 is 0 Å². The Bertz CT molecular complexity index is 398. The average molecular weight is 265 g/mol. The molecule has 2 heterocycles. The lowest BCUT2D eigenvalue weighted by Gasteiger charge is -2.30. The van der Waals surface area contributed by atoms with E-state index >= 15 is 0 Å². The molecule has 0 bridgehead atoms. The normalized spacial score (nSPS) is 19.8. The zero-order valence-electron chi connectivity index (χ0n) is 11.7. The molecule has 2 N–H and O–H groups in total. The van der Waals surface area contributed by atoms with Crippen molar-refractivity contribution in [3.8, 4) is 0 Å². The highest BCUT2D eigenvalue weighted by atomic mass is 16.3. The van der Waals surface area contributed by atoms with Gasteiger partial charge in [0.2, 0.25) is 5.95 Å². The second-order valence-electron chi connectivity index (χ2n) is 5.21. The van der Waals surface area contributed by atoms with E-state index in [1.165, 1.54) is 0 Å². The predicted octanol–water partition coefficient (Wildman–Crippen LogP) is 0.411. The largest absolute Gasteiger partial charge is 0.391 e. The first-order chi connectivity index (χ1) is 9.15. The molecule has 0 saturated carbocycles. The molecule has 1 aliphatic rings. The zero-order valence-corrected chi connectivity index (χ0v) is 11.7. The predicted molar refractivity (Wildman–Crippen MR) is 76.5 cm³/mol. The molecule has 1 atom stereocenters. The number of aliphatic hydroxyl groups is 1. The van der Waals surface area contributed by atoms with Gasteiger partial charge in [-0.05, 0) is 33.0 Å². The molecule has 1 unspecified atom stereocenters. The van der Waals surface area contributed by atoms with E-state index < -0.39 is 0 Å². The minimum atomic E-state index is -0.261. The van der Waals surface area contributed by atoms with E-state index in [0.717, 1.165) is 38.3 Å². The third-order valence-electron chi connectivity index (χ3n) is 3.19. The first-order valence-electron chi connectivity index (χ1n) is 6.80. The molecule has 0 aliphatic carbocycles. The minimum Gasteiger partial charge on any atom is -0.391 e. The maximum Gasteiger partial charge on any atom is 0.227 e. The van der Waals surface area contributed by atoms with Crippen LogP contribution in [-0.4, -0.2) is 66.4 Å². The number of hydrogen-bond acceptors (Lipinski definition) is 6. The van der Waals surface area contributed by atoms with Gasteiger partial charge in [-0.1, -0.05) is 0 Å². The van der Waals surface area contributed by atoms with Crippen molar-refractivity contribution in [1.82, 2.24) is 14.9 Å². The van der Waals surface area contributed by atoms with Gasteiger partial charge in [0.1, 0.15) is 5.82 Å². The molecule has 1 saturated heterocycles. The van der Waals surface area contributed by atoms with Gasteiger partial charge in [0, 0.05) is 32.4 Å². The van der Waals surface area contributed by atoms with Crippen molar-refractivity contribution in [2.75, 3.05) is 50.5 Å². The van der Waals surface area contributed by atoms with E-state index in [2.05, 4.69) is 20.2 Å². The maximum absolute atomic E-state index is 9.69. The van der Waals surface area contributed by atoms with Gasteiger partial charge in [-0.25, -0.2) is 4.98 Å². The van der Waals surface area contributed by atoms with E-state index in [9.17, 15) is 5.11 Å². The Hall–Kier alpha value is -1.40. The van der Waals surface area contributed by atoms with E-state index in [1.54, 1.807) is 6.20 Å². The first-order valence-corrected chi connectivity index (χ1v) is 6.80. The number of likely N-dealkylation sites (N-methyl/N-ethyl adjacent to an activating group) is 1. The topological polar surface area (TPSA) is 64.5 Å². The number of piperidine rings is 1. The molecule has 0 aromatic carbocycles. The first kappa shape index (κ1) is 14.0. The Morgan fingerprint density at radius 2 is 2.37 bits per heavy atom. The van der Waals surface area contributed by atoms with Crippen LogP contribution in [0.2, 0.25) is 0 Å². The van der Waals surface area contributed by atoms with Crippen molar-refractivity contribution < 1.29 is 5.11 Å². The van der Waals surface area contributed by atoms with Gasteiger partial charge in [0.05, 0.1) is 6.10 Å². The SMILES string of the molecule is CN(C)CCNc1ccnc(N2CCCC(O)C2)n1. The molecule has 1 aliphatic heterocycles. The Morgan fingerprint density at radius 1 is 1.53 bits per heavy atom. The molecule has 19 heavy (non-hydrogen) atoms. The molecule has 6 nitrogen and oxygen atoms in total. The summed E-state index contributed by atoms with van der Waals surface area (Å²) in [6.45, 7) is 3.35. The van der Waals surface area contributed by atoms with Crippen LogP contribution in [0.4, 0.5) is 11.8 Å². The van der Waals surface area contributed by atoms with Crippen molar-refractivity contribution in [2.45, 2.75) is 18.9 Å². The summed E-state index contributed by atoms with van der Waals surface area (Å²) in [5.74, 6) is 1.54. The summed E-state index contributed by atoms with van der Waals surface area (Å²) in [4.78, 5) is 13.0. The van der Waals surface area contributed by atoms with Crippen LogP contribution in [-0.2, 0) is 0 Å². The molecule has 1 fully saturated rings. The molecule has 106 valence electrons. The summed E-state index contributed by atoms with van der Waals surface area (Å²) >= 11 is 0. The Kier molecular flexibility index (Phi) is 4.93. The van der Waals surface area contributed by atoms with Crippen LogP contribution in [0.3, 0.4) is 0 Å². The van der Waals surface area contributed by atoms with Gasteiger partial charge < -0.3 is 20.2 Å². The lowest BCUT2D eigenvalue weighted by atomic mass is 10.1. The second kappa shape index (κ2) is 6.68. The molecule has 0 amide bonds. The van der Waals surface area contributed by atoms with E-state index in [0.29, 0.717) is 12.5 Å². The summed E-state index contributed by atoms with van der Waals surface area (Å²) in [6, 6.07) is 1.87. The fraction of sp³-hybridized carbons (Fsp3) is 0.692. The van der Waals surface area contributed by atoms with Crippen molar-refractivity contribution in [1.29, 1.82) is 0 Å². The third kappa shape index (κ3) is 4.33. The van der Waals surface area contributed by atoms with Crippen LogP contribution in [0, 0.1) is 0 Å². The monoisotopic (exact) mass is 265 g/mol. The quantitative estimate of drug-likeness (QED) is 0.804. The summed E-state index contributed by atoms with van der Waals surface area (Å²) in [7, 11) is 4.09. The van der Waals surface area contributed by atoms with E-state index in [4.69, 9.17) is 0 Å². The Labute approximate surface area is 114 Å². The van der Waals surface area contributed by atoms with Crippen LogP contribution in [0.5, 0.6) is 0 Å². The standard InChI is InChI=1S/C13H23N5O/c1-17(2)9-7-14-12-5-6-15-13(16-12)18-8-3-4-11(19)10-18/h5-6,11,19H,3-4,7-10H2,1-2H3,(H,14,15,16). The molecule has 1 aromatic rings. The third-order valence-corrected chi connectivity index (χ3v) is 3.19. The van der Waals surface area contributed by atoms with Crippen LogP contribution in [0.15, 0.2) is 12.3 Å². The molecule has 0 radical (unpaired) electrons. The molecule has 2 rings (SSSR count). The van der Waals surface area contributed by atoms with E-state index in [-0.39, 0.29) is 6.10 Å². The summed E-state index contributed by atoms with van der Waals surface area (Å²) in [5.41, 5.74) is 0. The second-order valence-corrected chi connectivity index (χ2v) is 5.21. The van der Waals surface area contributed by atoms with Crippen LogP contribution < -0.4 is 10.2 Å². The maximum atomic E-state index is 9.69. The molecule has 0 spiro atoms. The number of β-amino-alcohol motifs (C(OH)–C–C–N with tert-alkyl or cyclic N) is 1. The number of aromatic nitrogens is 2. The highest BCUT2D eigenvalue weighted by Gasteiger charge is 2.19. The summed E-state index contributed by atoms with van der Waals surface area (Å²) in [6.07, 6.45) is 3.37. The van der Waals surface area contributed by atoms with E-state index in [1.807, 2.05) is 25.1 Å². The van der Waals surface area contributed by atoms with Gasteiger partial charge in [-0.3, -0.25) is 0 Å². The molecular weight excluding hydrogens is 242 g/mol. The summed E-state index contributed by atoms with van der Waals surface area (Å²) in [5, 5.41) is 13.0. The zero-order chi connectivity index (χ0) is 13.7. The lowest BCUT2D eigenvalue weighted by Crippen LogP contribution is -2.39. The fourth-order valence-corrected chi connectivity index (χ4v) is 2.14. The van der Waals surface area contributed by atoms with Crippen molar-refractivity contribution in [2.24, 2.45) is 0 Å². The molecule has 6 heteroatoms. The van der Waals surface area contributed by atoms with Gasteiger partial charge in [0.15, 0.2) is 0 Å². The van der Waals surface area contributed by atoms with Gasteiger partial charge in [-0.15, -0.1) is 0 Å². The molecule has 1 aromatic heterocycles. The van der Waals surface area contributed by atoms with Crippen LogP contribution in [0.1, 0.15) is 12.8 Å². The van der Waals surface area contributed by atoms with Crippen molar-refractivity contribution >= 4 is 11.8 Å². The Balaban J connectivity index is 1.94. The van der Waals surface area contributed by atoms with Crippen molar-refractivity contribution in [3.05, 3.63) is 12.3 Å². The highest BCUT2D eigenvalue weighted by Crippen LogP contribution is 2.17. The molecular formula is C13H23N5O. The number of anilines is 2. The number of aliphatic hydroxyl groups excluding tert-OH is 1. The fourth-order valence-electron chi connectivity index (χ4n) is 2.14. The summed E-state index contributed by atoms with van der Waals surface area (Å²) < 4.78 is 0.